The number of benzene rings is 1. The van der Waals surface area contributed by atoms with E-state index in [1.165, 1.54) is 6.92 Å². The van der Waals surface area contributed by atoms with E-state index in [9.17, 15) is 14.4 Å². The number of nitrogens with one attached hydrogen (secondary N) is 1. The third kappa shape index (κ3) is 4.98. The van der Waals surface area contributed by atoms with Gasteiger partial charge in [-0.1, -0.05) is 26.0 Å². The van der Waals surface area contributed by atoms with Crippen molar-refractivity contribution in [1.82, 2.24) is 5.32 Å². The summed E-state index contributed by atoms with van der Waals surface area (Å²) in [6.07, 6.45) is -0.919. The van der Waals surface area contributed by atoms with Gasteiger partial charge in [0, 0.05) is 0 Å². The molecule has 7 heteroatoms. The summed E-state index contributed by atoms with van der Waals surface area (Å²) in [5.74, 6) is -1.81. The molecule has 0 aliphatic rings. The fourth-order valence-electron chi connectivity index (χ4n) is 1.89. The van der Waals surface area contributed by atoms with E-state index < -0.39 is 29.9 Å². The second-order valence-electron chi connectivity index (χ2n) is 5.69. The van der Waals surface area contributed by atoms with Crippen molar-refractivity contribution >= 4 is 17.7 Å². The van der Waals surface area contributed by atoms with Crippen LogP contribution >= 0.6 is 0 Å². The van der Waals surface area contributed by atoms with Crippen molar-refractivity contribution in [1.29, 1.82) is 0 Å². The minimum atomic E-state index is -1.56. The Hall–Kier alpha value is -2.57. The molecule has 1 rings (SSSR count). The van der Waals surface area contributed by atoms with E-state index in [1.807, 2.05) is 25.1 Å². The topological polar surface area (TPSA) is 125 Å². The number of carbonyl (C=O) groups excluding carboxylic acids is 3. The molecule has 23 heavy (non-hydrogen) atoms. The van der Waals surface area contributed by atoms with Crippen LogP contribution in [0.25, 0.3) is 0 Å². The minimum absolute atomic E-state index is 0.316. The normalized spacial score (nSPS) is 12.1. The van der Waals surface area contributed by atoms with Crippen LogP contribution in [0.15, 0.2) is 18.2 Å². The van der Waals surface area contributed by atoms with Gasteiger partial charge in [-0.2, -0.15) is 0 Å². The number of aryl methyl sites for hydroxylation is 1. The van der Waals surface area contributed by atoms with Gasteiger partial charge >= 0.3 is 0 Å². The number of primary amides is 2. The van der Waals surface area contributed by atoms with Crippen LogP contribution < -0.4 is 21.5 Å². The minimum Gasteiger partial charge on any atom is -0.481 e. The molecular formula is C16H23N3O4. The average molecular weight is 321 g/mol. The molecule has 0 fully saturated rings. The van der Waals surface area contributed by atoms with E-state index in [2.05, 4.69) is 19.2 Å². The third-order valence-corrected chi connectivity index (χ3v) is 3.41. The molecule has 1 atom stereocenters. The number of hydrogen-bond acceptors (Lipinski definition) is 4. The lowest BCUT2D eigenvalue weighted by molar-refractivity contribution is -0.136. The lowest BCUT2D eigenvalue weighted by atomic mass is 10.0. The lowest BCUT2D eigenvalue weighted by Gasteiger charge is -2.19. The number of rotatable bonds is 7. The fourth-order valence-corrected chi connectivity index (χ4v) is 1.89. The van der Waals surface area contributed by atoms with Gasteiger partial charge in [0.25, 0.3) is 5.91 Å². The Morgan fingerprint density at radius 3 is 2.13 bits per heavy atom. The predicted molar refractivity (Wildman–Crippen MR) is 85.7 cm³/mol. The number of amides is 3. The van der Waals surface area contributed by atoms with E-state index in [4.69, 9.17) is 16.2 Å². The van der Waals surface area contributed by atoms with Crippen molar-refractivity contribution in [3.05, 3.63) is 29.3 Å². The standard InChI is InChI=1S/C16H23N3O4/c1-8(2)11-6-5-9(3)12(7-11)23-10(4)16(22)19-13(14(17)20)15(18)21/h5-8,10,13H,1-4H3,(H2,17,20)(H2,18,21)(H,19,22)/t10-/m1/s1. The first kappa shape index (κ1) is 18.5. The molecule has 5 N–H and O–H groups in total. The molecule has 0 radical (unpaired) electrons. The van der Waals surface area contributed by atoms with Gasteiger partial charge in [-0.25, -0.2) is 0 Å². The van der Waals surface area contributed by atoms with Gasteiger partial charge in [0.1, 0.15) is 5.75 Å². The number of hydrogen-bond donors (Lipinski definition) is 3. The highest BCUT2D eigenvalue weighted by Gasteiger charge is 2.27. The van der Waals surface area contributed by atoms with Crippen LogP contribution in [0.5, 0.6) is 5.75 Å². The molecule has 0 aliphatic heterocycles. The van der Waals surface area contributed by atoms with Crippen LogP contribution in [-0.2, 0) is 14.4 Å². The maximum atomic E-state index is 12.0. The highest BCUT2D eigenvalue weighted by molar-refractivity contribution is 6.06. The predicted octanol–water partition coefficient (Wildman–Crippen LogP) is 0.341. The highest BCUT2D eigenvalue weighted by atomic mass is 16.5. The van der Waals surface area contributed by atoms with Gasteiger partial charge < -0.3 is 21.5 Å². The average Bonchev–Trinajstić information content (AvgIpc) is 2.45. The van der Waals surface area contributed by atoms with Crippen molar-refractivity contribution in [2.45, 2.75) is 45.8 Å². The Balaban J connectivity index is 2.84. The molecule has 0 heterocycles. The second-order valence-corrected chi connectivity index (χ2v) is 5.69. The van der Waals surface area contributed by atoms with Gasteiger partial charge in [0.15, 0.2) is 12.1 Å². The van der Waals surface area contributed by atoms with E-state index in [0.717, 1.165) is 11.1 Å². The Morgan fingerprint density at radius 2 is 1.65 bits per heavy atom. The monoisotopic (exact) mass is 321 g/mol. The zero-order chi connectivity index (χ0) is 17.7. The molecule has 1 aromatic carbocycles. The van der Waals surface area contributed by atoms with Crippen LogP contribution in [0.1, 0.15) is 37.8 Å². The first-order chi connectivity index (χ1) is 10.6. The maximum Gasteiger partial charge on any atom is 0.261 e. The molecule has 0 spiro atoms. The Morgan fingerprint density at radius 1 is 1.09 bits per heavy atom. The summed E-state index contributed by atoms with van der Waals surface area (Å²) >= 11 is 0. The maximum absolute atomic E-state index is 12.0. The third-order valence-electron chi connectivity index (χ3n) is 3.41. The summed E-state index contributed by atoms with van der Waals surface area (Å²) in [5, 5.41) is 2.18. The molecule has 0 unspecified atom stereocenters. The molecule has 0 saturated heterocycles. The number of ether oxygens (including phenoxy) is 1. The highest BCUT2D eigenvalue weighted by Crippen LogP contribution is 2.25. The first-order valence-electron chi connectivity index (χ1n) is 7.29. The Bertz CT molecular complexity index is 599. The van der Waals surface area contributed by atoms with Crippen LogP contribution in [0.3, 0.4) is 0 Å². The summed E-state index contributed by atoms with van der Waals surface area (Å²) < 4.78 is 5.64. The largest absolute Gasteiger partial charge is 0.481 e. The van der Waals surface area contributed by atoms with Crippen molar-refractivity contribution < 1.29 is 19.1 Å². The van der Waals surface area contributed by atoms with Crippen LogP contribution in [0, 0.1) is 6.92 Å². The molecule has 0 aliphatic carbocycles. The van der Waals surface area contributed by atoms with Crippen molar-refractivity contribution in [2.24, 2.45) is 11.5 Å². The van der Waals surface area contributed by atoms with Gasteiger partial charge in [-0.3, -0.25) is 14.4 Å². The first-order valence-corrected chi connectivity index (χ1v) is 7.29. The van der Waals surface area contributed by atoms with Crippen molar-refractivity contribution in [3.8, 4) is 5.75 Å². The van der Waals surface area contributed by atoms with Crippen LogP contribution in [0.4, 0.5) is 0 Å². The summed E-state index contributed by atoms with van der Waals surface area (Å²) in [5.41, 5.74) is 12.0. The van der Waals surface area contributed by atoms with Crippen LogP contribution in [0.2, 0.25) is 0 Å². The molecule has 0 aromatic heterocycles. The van der Waals surface area contributed by atoms with E-state index in [1.54, 1.807) is 0 Å². The quantitative estimate of drug-likeness (QED) is 0.626. The Labute approximate surface area is 135 Å². The second kappa shape index (κ2) is 7.62. The molecule has 0 saturated carbocycles. The van der Waals surface area contributed by atoms with E-state index in [0.29, 0.717) is 11.7 Å². The van der Waals surface area contributed by atoms with E-state index >= 15 is 0 Å². The smallest absolute Gasteiger partial charge is 0.261 e. The van der Waals surface area contributed by atoms with E-state index in [-0.39, 0.29) is 0 Å². The summed E-state index contributed by atoms with van der Waals surface area (Å²) in [6.45, 7) is 7.47. The molecule has 1 aromatic rings. The number of nitrogens with two attached hydrogens (primary N) is 2. The molecule has 0 bridgehead atoms. The van der Waals surface area contributed by atoms with Gasteiger partial charge in [0.2, 0.25) is 11.8 Å². The van der Waals surface area contributed by atoms with Gasteiger partial charge in [-0.05, 0) is 37.0 Å². The van der Waals surface area contributed by atoms with Crippen LogP contribution in [-0.4, -0.2) is 29.9 Å². The SMILES string of the molecule is Cc1ccc(C(C)C)cc1O[C@H](C)C(=O)NC(C(N)=O)C(N)=O. The van der Waals surface area contributed by atoms with Crippen molar-refractivity contribution in [3.63, 3.8) is 0 Å². The molecule has 7 nitrogen and oxygen atoms in total. The summed E-state index contributed by atoms with van der Waals surface area (Å²) in [7, 11) is 0. The Kier molecular flexibility index (Phi) is 6.12. The summed E-state index contributed by atoms with van der Waals surface area (Å²) in [6, 6.07) is 4.21. The molecule has 3 amide bonds. The van der Waals surface area contributed by atoms with Gasteiger partial charge in [-0.15, -0.1) is 0 Å². The fraction of sp³-hybridized carbons (Fsp3) is 0.438. The zero-order valence-corrected chi connectivity index (χ0v) is 13.8. The zero-order valence-electron chi connectivity index (χ0n) is 13.8. The van der Waals surface area contributed by atoms with Gasteiger partial charge in [0.05, 0.1) is 0 Å². The lowest BCUT2D eigenvalue weighted by Crippen LogP contribution is -2.55. The number of carbonyl (C=O) groups is 3. The summed E-state index contributed by atoms with van der Waals surface area (Å²) in [4.78, 5) is 34.2. The molecule has 126 valence electrons. The van der Waals surface area contributed by atoms with Crippen molar-refractivity contribution in [2.75, 3.05) is 0 Å². The molecular weight excluding hydrogens is 298 g/mol.